The molecule has 0 heteroatoms. The maximum Gasteiger partial charge on any atom is 0.0125 e. The van der Waals surface area contributed by atoms with Gasteiger partial charge in [0.1, 0.15) is 0 Å². The number of fused-ring (bicyclic) bond motifs is 7. The zero-order valence-corrected chi connectivity index (χ0v) is 43.6. The van der Waals surface area contributed by atoms with Crippen molar-refractivity contribution in [3.05, 3.63) is 201 Å². The predicted octanol–water partition coefficient (Wildman–Crippen LogP) is 18.5. The Kier molecular flexibility index (Phi) is 17.3. The van der Waals surface area contributed by atoms with Gasteiger partial charge in [-0.2, -0.15) is 0 Å². The molecule has 0 N–H and O–H groups in total. The summed E-state index contributed by atoms with van der Waals surface area (Å²) >= 11 is 0. The van der Waals surface area contributed by atoms with E-state index in [0.717, 1.165) is 41.4 Å². The van der Waals surface area contributed by atoms with E-state index in [1.54, 1.807) is 44.5 Å². The molecule has 0 spiro atoms. The van der Waals surface area contributed by atoms with E-state index in [1.165, 1.54) is 86.5 Å². The molecule has 0 heterocycles. The van der Waals surface area contributed by atoms with E-state index >= 15 is 0 Å². The van der Waals surface area contributed by atoms with Crippen molar-refractivity contribution in [1.82, 2.24) is 0 Å². The van der Waals surface area contributed by atoms with Gasteiger partial charge in [-0.1, -0.05) is 222 Å². The van der Waals surface area contributed by atoms with E-state index in [4.69, 9.17) is 0 Å². The molecular weight excluding hydrogens is 805 g/mol. The van der Waals surface area contributed by atoms with Crippen molar-refractivity contribution in [3.63, 3.8) is 0 Å². The second kappa shape index (κ2) is 23.1. The lowest BCUT2D eigenvalue weighted by Gasteiger charge is -2.28. The van der Waals surface area contributed by atoms with Gasteiger partial charge in [-0.25, -0.2) is 0 Å². The molecule has 3 unspecified atom stereocenters. The topological polar surface area (TPSA) is 0 Å². The molecule has 3 atom stereocenters. The predicted molar refractivity (Wildman–Crippen MR) is 291 cm³/mol. The van der Waals surface area contributed by atoms with Crippen LogP contribution in [0.25, 0.3) is 11.1 Å². The molecule has 0 saturated carbocycles. The van der Waals surface area contributed by atoms with Crippen molar-refractivity contribution >= 4 is 0 Å². The van der Waals surface area contributed by atoms with Gasteiger partial charge in [0.15, 0.2) is 0 Å². The molecule has 5 aliphatic rings. The largest absolute Gasteiger partial charge is 0.0625 e. The van der Waals surface area contributed by atoms with Gasteiger partial charge in [-0.05, 0) is 184 Å². The Bertz CT molecular complexity index is 2400. The Morgan fingerprint density at radius 1 is 0.358 bits per heavy atom. The van der Waals surface area contributed by atoms with Crippen LogP contribution in [0.2, 0.25) is 0 Å². The van der Waals surface area contributed by atoms with Gasteiger partial charge in [0.2, 0.25) is 0 Å². The zero-order chi connectivity index (χ0) is 47.7. The van der Waals surface area contributed by atoms with Crippen molar-refractivity contribution in [1.29, 1.82) is 0 Å². The molecule has 0 aliphatic heterocycles. The van der Waals surface area contributed by atoms with Crippen LogP contribution < -0.4 is 0 Å². The normalized spacial score (nSPS) is 18.9. The Morgan fingerprint density at radius 3 is 1.21 bits per heavy atom. The van der Waals surface area contributed by atoms with Gasteiger partial charge in [-0.3, -0.25) is 0 Å². The summed E-state index contributed by atoms with van der Waals surface area (Å²) in [5, 5.41) is 0. The molecule has 0 saturated heterocycles. The summed E-state index contributed by atoms with van der Waals surface area (Å²) in [4.78, 5) is 0. The van der Waals surface area contributed by atoms with E-state index in [-0.39, 0.29) is 0 Å². The highest BCUT2D eigenvalue weighted by Gasteiger charge is 2.31. The molecule has 5 aliphatic carbocycles. The lowest BCUT2D eigenvalue weighted by Crippen LogP contribution is -2.20. The molecule has 0 nitrogen and oxygen atoms in total. The van der Waals surface area contributed by atoms with Crippen molar-refractivity contribution in [2.24, 2.45) is 40.9 Å². The third-order valence-corrected chi connectivity index (χ3v) is 16.4. The molecule has 0 radical (unpaired) electrons. The summed E-state index contributed by atoms with van der Waals surface area (Å²) in [6, 6.07) is 53.3. The number of benzene rings is 6. The Morgan fingerprint density at radius 2 is 0.746 bits per heavy atom. The highest BCUT2D eigenvalue weighted by Crippen LogP contribution is 2.48. The third-order valence-electron chi connectivity index (χ3n) is 16.4. The molecule has 354 valence electrons. The van der Waals surface area contributed by atoms with E-state index in [9.17, 15) is 0 Å². The van der Waals surface area contributed by atoms with E-state index in [2.05, 4.69) is 222 Å². The molecular formula is C67H86. The molecule has 67 heavy (non-hydrogen) atoms. The fraction of sp³-hybridized carbons (Fsp3) is 0.463. The van der Waals surface area contributed by atoms with Gasteiger partial charge in [0.25, 0.3) is 0 Å². The summed E-state index contributed by atoms with van der Waals surface area (Å²) in [6.45, 7) is 25.7. The van der Waals surface area contributed by atoms with Crippen molar-refractivity contribution in [3.8, 4) is 11.1 Å². The lowest BCUT2D eigenvalue weighted by atomic mass is 9.77. The summed E-state index contributed by atoms with van der Waals surface area (Å²) in [7, 11) is 0. The van der Waals surface area contributed by atoms with Gasteiger partial charge in [-0.15, -0.1) is 0 Å². The molecule has 0 amide bonds. The van der Waals surface area contributed by atoms with Crippen LogP contribution in [0.3, 0.4) is 0 Å². The molecule has 6 aromatic rings. The van der Waals surface area contributed by atoms with Crippen LogP contribution in [-0.4, -0.2) is 0 Å². The average Bonchev–Trinajstić information content (AvgIpc) is 4.07. The van der Waals surface area contributed by atoms with Crippen molar-refractivity contribution in [2.75, 3.05) is 0 Å². The fourth-order valence-corrected chi connectivity index (χ4v) is 12.1. The van der Waals surface area contributed by atoms with Crippen LogP contribution in [0.5, 0.6) is 0 Å². The van der Waals surface area contributed by atoms with Gasteiger partial charge in [0, 0.05) is 5.92 Å². The third kappa shape index (κ3) is 12.5. The van der Waals surface area contributed by atoms with Gasteiger partial charge in [0.05, 0.1) is 0 Å². The minimum Gasteiger partial charge on any atom is -0.0625 e. The number of aryl methyl sites for hydroxylation is 3. The minimum atomic E-state index is 0.457. The van der Waals surface area contributed by atoms with E-state index in [1.807, 2.05) is 0 Å². The van der Waals surface area contributed by atoms with Crippen LogP contribution in [-0.2, 0) is 38.5 Å². The van der Waals surface area contributed by atoms with Crippen LogP contribution in [0.1, 0.15) is 175 Å². The fourth-order valence-electron chi connectivity index (χ4n) is 12.1. The Balaban J connectivity index is 0.000000125. The summed E-state index contributed by atoms with van der Waals surface area (Å²) in [5.41, 5.74) is 19.0. The van der Waals surface area contributed by atoms with Crippen LogP contribution in [0.15, 0.2) is 146 Å². The molecule has 0 aromatic heterocycles. The monoisotopic (exact) mass is 891 g/mol. The molecule has 0 bridgehead atoms. The Labute approximate surface area is 409 Å². The first-order valence-corrected chi connectivity index (χ1v) is 26.7. The van der Waals surface area contributed by atoms with Crippen LogP contribution >= 0.6 is 0 Å². The minimum absolute atomic E-state index is 0.457. The lowest BCUT2D eigenvalue weighted by molar-refractivity contribution is 0.251. The Hall–Kier alpha value is -4.68. The van der Waals surface area contributed by atoms with Crippen LogP contribution in [0.4, 0.5) is 0 Å². The summed E-state index contributed by atoms with van der Waals surface area (Å²) in [6.07, 6.45) is 13.2. The number of hydrogen-bond donors (Lipinski definition) is 0. The maximum absolute atomic E-state index is 2.35. The first kappa shape index (κ1) is 50.2. The first-order valence-electron chi connectivity index (χ1n) is 26.7. The highest BCUT2D eigenvalue weighted by atomic mass is 14.4. The smallest absolute Gasteiger partial charge is 0.0125 e. The summed E-state index contributed by atoms with van der Waals surface area (Å²) in [5.74, 6) is 7.05. The quantitative estimate of drug-likeness (QED) is 0.165. The molecule has 11 rings (SSSR count). The first-order chi connectivity index (χ1) is 32.2. The van der Waals surface area contributed by atoms with Gasteiger partial charge < -0.3 is 0 Å². The van der Waals surface area contributed by atoms with Crippen molar-refractivity contribution in [2.45, 2.75) is 158 Å². The van der Waals surface area contributed by atoms with E-state index in [0.29, 0.717) is 17.3 Å². The summed E-state index contributed by atoms with van der Waals surface area (Å²) < 4.78 is 0. The van der Waals surface area contributed by atoms with E-state index < -0.39 is 0 Å². The average molecular weight is 891 g/mol. The maximum atomic E-state index is 2.35. The molecule has 0 fully saturated rings. The van der Waals surface area contributed by atoms with Crippen LogP contribution in [0, 0.1) is 40.9 Å². The number of rotatable bonds is 4. The van der Waals surface area contributed by atoms with Crippen molar-refractivity contribution < 1.29 is 0 Å². The SMILES string of the molecule is CC(C)(C)C1Cc2ccccc2C1.CC(C)C1CCCc2ccccc21.CC(C)C1CCc2ccccc21.CC(C)C1CCc2ccccc2C1.CC(C)C1c2ccccc2-c2ccccc21. The number of hydrogen-bond acceptors (Lipinski definition) is 0. The second-order valence-electron chi connectivity index (χ2n) is 23.2. The second-order valence-corrected chi connectivity index (χ2v) is 23.2. The van der Waals surface area contributed by atoms with Gasteiger partial charge >= 0.3 is 0 Å². The standard InChI is InChI=1S/C16H16.3C13H18.C12H16/c1-11(2)16-14-9-5-3-7-12(14)13-8-4-6-10-15(13)16;1-13(2,3)12-8-10-6-4-5-7-11(10)9-12;1-10(2)12-9-5-7-11-6-3-4-8-13(11)12;1-10(2)12-8-7-11-5-3-4-6-13(11)9-12;1-9(2)11-8-7-10-5-3-4-6-12(10)11/h3-11,16H,1-2H3;4-7,12H,8-9H2,1-3H3;3-4,6,8,10,12H,5,7,9H2,1-2H3;3-6,10,12H,7-9H2,1-2H3;3-6,9,11H,7-8H2,1-2H3. The molecule has 6 aromatic carbocycles. The highest BCUT2D eigenvalue weighted by molar-refractivity contribution is 5.78. The zero-order valence-electron chi connectivity index (χ0n) is 43.6.